The number of thioether (sulfide) groups is 1. The summed E-state index contributed by atoms with van der Waals surface area (Å²) in [5, 5.41) is 2.41. The molecule has 1 aliphatic rings. The number of pyridine rings is 1. The standard InChI is InChI=1S/C31H35N4OS/c1-6-34(19-18-32(2)3)30-20-23(21-31-33(4)27-14-10-11-15-29(27)37-31)26-17-16-25(36-5)22-28(26)35(30)24-12-8-7-9-13-24/h7-17,20-22H,6,18-19H2,1-5H3/q+1. The second kappa shape index (κ2) is 10.9. The fourth-order valence-electron chi connectivity index (χ4n) is 4.81. The zero-order chi connectivity index (χ0) is 25.9. The van der Waals surface area contributed by atoms with Gasteiger partial charge in [-0.05, 0) is 69.1 Å². The zero-order valence-electron chi connectivity index (χ0n) is 22.3. The Bertz CT molecular complexity index is 1430. The molecule has 3 aromatic carbocycles. The van der Waals surface area contributed by atoms with Crippen molar-refractivity contribution in [3.05, 3.63) is 89.5 Å². The molecule has 5 nitrogen and oxygen atoms in total. The van der Waals surface area contributed by atoms with Gasteiger partial charge in [0, 0.05) is 36.0 Å². The van der Waals surface area contributed by atoms with Crippen LogP contribution in [0.1, 0.15) is 12.5 Å². The molecule has 0 N–H and O–H groups in total. The number of nitrogens with zero attached hydrogens (tertiary/aromatic N) is 4. The molecule has 0 radical (unpaired) electrons. The van der Waals surface area contributed by atoms with Crippen LogP contribution >= 0.6 is 11.8 Å². The van der Waals surface area contributed by atoms with Crippen molar-refractivity contribution < 1.29 is 9.30 Å². The number of benzene rings is 3. The maximum Gasteiger partial charge on any atom is 0.282 e. The lowest BCUT2D eigenvalue weighted by Crippen LogP contribution is -2.43. The number of aromatic nitrogens is 1. The third kappa shape index (κ3) is 5.04. The van der Waals surface area contributed by atoms with Crippen LogP contribution in [0.3, 0.4) is 0 Å². The quantitative estimate of drug-likeness (QED) is 0.268. The average molecular weight is 512 g/mol. The van der Waals surface area contributed by atoms with E-state index in [0.717, 1.165) is 36.6 Å². The molecule has 0 saturated carbocycles. The summed E-state index contributed by atoms with van der Waals surface area (Å²) in [7, 11) is 8.15. The summed E-state index contributed by atoms with van der Waals surface area (Å²) < 4.78 is 8.06. The van der Waals surface area contributed by atoms with Gasteiger partial charge in [0.05, 0.1) is 30.9 Å². The topological polar surface area (TPSA) is 22.8 Å². The molecule has 4 aromatic rings. The molecule has 0 bridgehead atoms. The Morgan fingerprint density at radius 1 is 0.946 bits per heavy atom. The molecule has 0 saturated heterocycles. The highest BCUT2D eigenvalue weighted by Gasteiger charge is 2.26. The number of para-hydroxylation sites is 2. The number of fused-ring (bicyclic) bond motifs is 2. The van der Waals surface area contributed by atoms with Gasteiger partial charge in [-0.3, -0.25) is 4.90 Å². The first kappa shape index (κ1) is 25.2. The van der Waals surface area contributed by atoms with Gasteiger partial charge in [-0.1, -0.05) is 42.1 Å². The van der Waals surface area contributed by atoms with Crippen LogP contribution in [0, 0.1) is 0 Å². The number of ether oxygens (including phenoxy) is 1. The first-order valence-corrected chi connectivity index (χ1v) is 13.6. The van der Waals surface area contributed by atoms with Gasteiger partial charge in [0.15, 0.2) is 0 Å². The van der Waals surface area contributed by atoms with Crippen LogP contribution in [0.15, 0.2) is 88.8 Å². The maximum atomic E-state index is 5.69. The summed E-state index contributed by atoms with van der Waals surface area (Å²) in [6.45, 7) is 5.05. The number of hydrogen-bond donors (Lipinski definition) is 0. The molecule has 0 atom stereocenters. The highest BCUT2D eigenvalue weighted by molar-refractivity contribution is 8.03. The molecule has 0 fully saturated rings. The van der Waals surface area contributed by atoms with Crippen molar-refractivity contribution in [1.29, 1.82) is 0 Å². The van der Waals surface area contributed by atoms with Crippen molar-refractivity contribution in [1.82, 2.24) is 4.90 Å². The molecule has 0 spiro atoms. The Balaban J connectivity index is 1.76. The summed E-state index contributed by atoms with van der Waals surface area (Å²) in [4.78, 5) is 8.29. The Morgan fingerprint density at radius 3 is 2.41 bits per heavy atom. The third-order valence-electron chi connectivity index (χ3n) is 6.86. The van der Waals surface area contributed by atoms with Crippen molar-refractivity contribution >= 4 is 40.2 Å². The molecule has 1 aromatic heterocycles. The molecule has 190 valence electrons. The summed E-state index contributed by atoms with van der Waals surface area (Å²) in [5.74, 6) is 2.02. The first-order chi connectivity index (χ1) is 18.0. The summed E-state index contributed by atoms with van der Waals surface area (Å²) in [5.41, 5.74) is 4.71. The fraction of sp³-hybridized carbons (Fsp3) is 0.258. The van der Waals surface area contributed by atoms with Crippen molar-refractivity contribution in [3.8, 4) is 11.4 Å². The van der Waals surface area contributed by atoms with E-state index in [-0.39, 0.29) is 0 Å². The Morgan fingerprint density at radius 2 is 1.70 bits per heavy atom. The van der Waals surface area contributed by atoms with Crippen molar-refractivity contribution in [3.63, 3.8) is 0 Å². The van der Waals surface area contributed by atoms with Crippen LogP contribution in [0.25, 0.3) is 22.7 Å². The van der Waals surface area contributed by atoms with Gasteiger partial charge in [-0.2, -0.15) is 4.57 Å². The van der Waals surface area contributed by atoms with Crippen molar-refractivity contribution in [2.45, 2.75) is 11.8 Å². The van der Waals surface area contributed by atoms with Gasteiger partial charge >= 0.3 is 0 Å². The van der Waals surface area contributed by atoms with E-state index < -0.39 is 0 Å². The Hall–Kier alpha value is -3.48. The molecule has 0 unspecified atom stereocenters. The van der Waals surface area contributed by atoms with Crippen LogP contribution in [-0.2, 0) is 0 Å². The van der Waals surface area contributed by atoms with E-state index in [1.54, 1.807) is 7.11 Å². The highest BCUT2D eigenvalue weighted by atomic mass is 32.2. The van der Waals surface area contributed by atoms with Crippen LogP contribution in [0.5, 0.6) is 5.75 Å². The molecule has 0 aliphatic carbocycles. The molecular formula is C31H35N4OS+. The van der Waals surface area contributed by atoms with Gasteiger partial charge in [0.1, 0.15) is 17.0 Å². The lowest BCUT2D eigenvalue weighted by molar-refractivity contribution is -0.553. The number of anilines is 2. The van der Waals surface area contributed by atoms with Crippen LogP contribution in [0.4, 0.5) is 11.5 Å². The monoisotopic (exact) mass is 511 g/mol. The van der Waals surface area contributed by atoms with E-state index >= 15 is 0 Å². The molecule has 1 aliphatic heterocycles. The summed E-state index contributed by atoms with van der Waals surface area (Å²) in [6, 6.07) is 28.0. The van der Waals surface area contributed by atoms with Crippen LogP contribution in [0.2, 0.25) is 0 Å². The van der Waals surface area contributed by atoms with E-state index in [1.807, 2.05) is 11.8 Å². The largest absolute Gasteiger partial charge is 0.497 e. The predicted molar refractivity (Wildman–Crippen MR) is 157 cm³/mol. The predicted octanol–water partition coefficient (Wildman–Crippen LogP) is 6.05. The van der Waals surface area contributed by atoms with Crippen molar-refractivity contribution in [2.75, 3.05) is 57.7 Å². The Kier molecular flexibility index (Phi) is 7.40. The van der Waals surface area contributed by atoms with Gasteiger partial charge in [-0.15, -0.1) is 0 Å². The number of hydrogen-bond acceptors (Lipinski definition) is 5. The molecular weight excluding hydrogens is 476 g/mol. The molecule has 6 heteroatoms. The van der Waals surface area contributed by atoms with E-state index in [2.05, 4.69) is 132 Å². The van der Waals surface area contributed by atoms with Crippen LogP contribution in [-0.4, -0.2) is 52.8 Å². The van der Waals surface area contributed by atoms with E-state index in [0.29, 0.717) is 0 Å². The van der Waals surface area contributed by atoms with Gasteiger partial charge in [-0.25, -0.2) is 0 Å². The summed E-state index contributed by atoms with van der Waals surface area (Å²) in [6.07, 6.45) is 2.33. The normalized spacial score (nSPS) is 14.0. The van der Waals surface area contributed by atoms with Gasteiger partial charge in [0.25, 0.3) is 5.82 Å². The minimum absolute atomic E-state index is 0.851. The number of likely N-dealkylation sites (N-methyl/N-ethyl adjacent to an activating group) is 2. The van der Waals surface area contributed by atoms with E-state index in [9.17, 15) is 0 Å². The smallest absolute Gasteiger partial charge is 0.282 e. The third-order valence-corrected chi connectivity index (χ3v) is 8.02. The number of methoxy groups -OCH3 is 1. The SMILES string of the molecule is CCN(CCN(C)C)c1cc(C=C2Sc3ccccc3N2C)c2ccc(OC)cc2[n+]1-c1ccccc1. The van der Waals surface area contributed by atoms with E-state index in [1.165, 1.54) is 32.4 Å². The lowest BCUT2D eigenvalue weighted by Gasteiger charge is -2.22. The second-order valence-corrected chi connectivity index (χ2v) is 10.6. The molecule has 5 rings (SSSR count). The Labute approximate surface area is 224 Å². The summed E-state index contributed by atoms with van der Waals surface area (Å²) >= 11 is 1.83. The van der Waals surface area contributed by atoms with Crippen molar-refractivity contribution in [2.24, 2.45) is 0 Å². The average Bonchev–Trinajstić information content (AvgIpc) is 3.24. The zero-order valence-corrected chi connectivity index (χ0v) is 23.1. The van der Waals surface area contributed by atoms with Gasteiger partial charge < -0.3 is 14.5 Å². The maximum absolute atomic E-state index is 5.69. The molecule has 2 heterocycles. The van der Waals surface area contributed by atoms with E-state index in [4.69, 9.17) is 4.74 Å². The minimum atomic E-state index is 0.851. The highest BCUT2D eigenvalue weighted by Crippen LogP contribution is 2.46. The minimum Gasteiger partial charge on any atom is -0.497 e. The first-order valence-electron chi connectivity index (χ1n) is 12.7. The second-order valence-electron chi connectivity index (χ2n) is 9.51. The van der Waals surface area contributed by atoms with Gasteiger partial charge in [0.2, 0.25) is 0 Å². The number of rotatable bonds is 8. The molecule has 0 amide bonds. The van der Waals surface area contributed by atoms with Crippen LogP contribution < -0.4 is 19.1 Å². The lowest BCUT2D eigenvalue weighted by atomic mass is 10.1. The molecule has 37 heavy (non-hydrogen) atoms. The fourth-order valence-corrected chi connectivity index (χ4v) is 5.91.